The molecular weight excluding hydrogens is 1040 g/mol. The molecule has 0 aliphatic heterocycles. The fourth-order valence-electron chi connectivity index (χ4n) is 8.52. The van der Waals surface area contributed by atoms with Gasteiger partial charge in [-0.15, -0.1) is 0 Å². The van der Waals surface area contributed by atoms with Crippen molar-refractivity contribution < 1.29 is 53.1 Å². The van der Waals surface area contributed by atoms with Gasteiger partial charge >= 0.3 is 5.97 Å². The van der Waals surface area contributed by atoms with Gasteiger partial charge in [-0.05, 0) is 68.7 Å². The number of carbonyl (C=O) groups excluding carboxylic acids is 9. The van der Waals surface area contributed by atoms with E-state index >= 15 is 0 Å². The Morgan fingerprint density at radius 2 is 1.18 bits per heavy atom. The summed E-state index contributed by atoms with van der Waals surface area (Å²) < 4.78 is 0. The molecule has 27 heteroatoms. The van der Waals surface area contributed by atoms with Gasteiger partial charge in [-0.2, -0.15) is 0 Å². The number of primary amides is 1. The Hall–Kier alpha value is -8.88. The Bertz CT molecular complexity index is 2730. The summed E-state index contributed by atoms with van der Waals surface area (Å²) in [5, 5.41) is 31.3. The molecule has 9 amide bonds. The van der Waals surface area contributed by atoms with Crippen LogP contribution in [0.15, 0.2) is 78.3 Å². The van der Waals surface area contributed by atoms with Crippen molar-refractivity contribution >= 4 is 76.0 Å². The van der Waals surface area contributed by atoms with Crippen molar-refractivity contribution in [1.29, 1.82) is 0 Å². The SMILES string of the molecule is CCCC[C@H](NC(C)=O)C(=O)N[C@@H](CCC(=O)O)C(=O)N[C@@H](Cc1cnc[nH]1)C(=O)N[C@@H](Cc1ccccc1)C(=O)N[C@@H](CCCN=C(N)N)C(=O)N[C@H](Cc1c[nH]c2ccccc12)C(=O)NCC(=O)N[C@@H](CCCCN)C(N)=O. The number of aromatic nitrogens is 3. The Morgan fingerprint density at radius 1 is 0.613 bits per heavy atom. The lowest BCUT2D eigenvalue weighted by molar-refractivity contribution is -0.138. The molecule has 2 aromatic heterocycles. The first kappa shape index (κ1) is 63.7. The maximum atomic E-state index is 14.7. The van der Waals surface area contributed by atoms with E-state index in [4.69, 9.17) is 22.9 Å². The van der Waals surface area contributed by atoms with Crippen molar-refractivity contribution in [3.05, 3.63) is 90.1 Å². The van der Waals surface area contributed by atoms with Crippen LogP contribution in [0.5, 0.6) is 0 Å². The number of unbranched alkanes of at least 4 members (excludes halogenated alkanes) is 2. The molecule has 434 valence electrons. The van der Waals surface area contributed by atoms with Crippen molar-refractivity contribution in [2.24, 2.45) is 27.9 Å². The maximum Gasteiger partial charge on any atom is 0.303 e. The molecule has 80 heavy (non-hydrogen) atoms. The molecule has 4 rings (SSSR count). The van der Waals surface area contributed by atoms with E-state index in [-0.39, 0.29) is 57.5 Å². The molecule has 7 atom stereocenters. The van der Waals surface area contributed by atoms with E-state index < -0.39 is 121 Å². The highest BCUT2D eigenvalue weighted by atomic mass is 16.4. The molecular formula is C53H76N16O11. The number of aliphatic carboxylic acids is 1. The summed E-state index contributed by atoms with van der Waals surface area (Å²) in [5.41, 5.74) is 24.6. The van der Waals surface area contributed by atoms with Crippen molar-refractivity contribution in [2.75, 3.05) is 19.6 Å². The van der Waals surface area contributed by atoms with Crippen molar-refractivity contribution in [2.45, 2.75) is 140 Å². The summed E-state index contributed by atoms with van der Waals surface area (Å²) in [4.78, 5) is 149. The van der Waals surface area contributed by atoms with Crippen LogP contribution in [0.3, 0.4) is 0 Å². The van der Waals surface area contributed by atoms with Crippen LogP contribution in [0.25, 0.3) is 10.9 Å². The van der Waals surface area contributed by atoms with Crippen LogP contribution in [0.4, 0.5) is 0 Å². The third-order valence-corrected chi connectivity index (χ3v) is 12.7. The largest absolute Gasteiger partial charge is 0.481 e. The number of fused-ring (bicyclic) bond motifs is 1. The molecule has 27 nitrogen and oxygen atoms in total. The number of amides is 9. The average molecular weight is 1110 g/mol. The van der Waals surface area contributed by atoms with Crippen LogP contribution in [0, 0.1) is 0 Å². The van der Waals surface area contributed by atoms with Crippen LogP contribution in [0.1, 0.15) is 94.9 Å². The van der Waals surface area contributed by atoms with Crippen LogP contribution in [-0.2, 0) is 67.2 Å². The topological polar surface area (TPSA) is 448 Å². The number of carboxylic acid groups (broad SMARTS) is 1. The second-order valence-corrected chi connectivity index (χ2v) is 19.1. The lowest BCUT2D eigenvalue weighted by atomic mass is 10.0. The number of benzene rings is 2. The number of guanidine groups is 1. The van der Waals surface area contributed by atoms with Gasteiger partial charge in [0.25, 0.3) is 0 Å². The summed E-state index contributed by atoms with van der Waals surface area (Å²) in [7, 11) is 0. The van der Waals surface area contributed by atoms with E-state index in [2.05, 4.69) is 62.5 Å². The zero-order chi connectivity index (χ0) is 58.6. The smallest absolute Gasteiger partial charge is 0.303 e. The number of hydrogen-bond acceptors (Lipinski definition) is 13. The predicted molar refractivity (Wildman–Crippen MR) is 295 cm³/mol. The van der Waals surface area contributed by atoms with Gasteiger partial charge in [-0.3, -0.25) is 52.9 Å². The predicted octanol–water partition coefficient (Wildman–Crippen LogP) is -1.83. The number of rotatable bonds is 36. The number of carboxylic acids is 1. The van der Waals surface area contributed by atoms with Crippen LogP contribution < -0.4 is 65.5 Å². The molecule has 4 aromatic rings. The summed E-state index contributed by atoms with van der Waals surface area (Å²) in [6.45, 7) is 2.90. The van der Waals surface area contributed by atoms with E-state index in [1.165, 1.54) is 19.4 Å². The second-order valence-electron chi connectivity index (χ2n) is 19.1. The van der Waals surface area contributed by atoms with Crippen molar-refractivity contribution in [1.82, 2.24) is 57.5 Å². The Labute approximate surface area is 462 Å². The Kier molecular flexibility index (Phi) is 26.6. The van der Waals surface area contributed by atoms with Gasteiger partial charge in [0.05, 0.1) is 12.9 Å². The highest BCUT2D eigenvalue weighted by Crippen LogP contribution is 2.20. The summed E-state index contributed by atoms with van der Waals surface area (Å²) in [5.74, 6) is -8.62. The monoisotopic (exact) mass is 1110 g/mol. The minimum atomic E-state index is -1.50. The molecule has 19 N–H and O–H groups in total. The highest BCUT2D eigenvalue weighted by Gasteiger charge is 2.34. The van der Waals surface area contributed by atoms with E-state index in [0.717, 1.165) is 10.9 Å². The number of carbonyl (C=O) groups is 10. The standard InChI is InChI=1S/C53H76N16O11/c1-3-4-16-38(63-31(2)70)48(76)66-40(20-21-45(72)73)50(78)69-43(26-34-28-58-30-62-34)52(80)67-41(24-32-13-6-5-7-14-32)51(79)65-39(19-12-23-59-53(56)57)49(77)68-42(25-33-27-60-36-17-9-8-15-35(33)36)47(75)61-29-44(71)64-37(46(55)74)18-10-11-22-54/h5-9,13-15,17,27-28,30,37-43,60H,3-4,10-12,16,18-26,29,54H2,1-2H3,(H2,55,74)(H,58,62)(H,61,75)(H,63,70)(H,64,71)(H,65,79)(H,66,76)(H,67,80)(H,68,77)(H,69,78)(H,72,73)(H4,56,57,59)/t37-,38-,39-,40-,41-,42+,43-/m0/s1. The number of hydrogen-bond donors (Lipinski definition) is 15. The van der Waals surface area contributed by atoms with Crippen molar-refractivity contribution in [3.8, 4) is 0 Å². The zero-order valence-corrected chi connectivity index (χ0v) is 45.0. The zero-order valence-electron chi connectivity index (χ0n) is 45.0. The average Bonchev–Trinajstić information content (AvgIpc) is 4.11. The maximum absolute atomic E-state index is 14.7. The molecule has 0 spiro atoms. The van der Waals surface area contributed by atoms with E-state index in [1.54, 1.807) is 42.6 Å². The molecule has 0 saturated carbocycles. The highest BCUT2D eigenvalue weighted by molar-refractivity contribution is 5.98. The summed E-state index contributed by atoms with van der Waals surface area (Å²) >= 11 is 0. The lowest BCUT2D eigenvalue weighted by Gasteiger charge is -2.28. The second kappa shape index (κ2) is 33.4. The summed E-state index contributed by atoms with van der Waals surface area (Å²) in [6, 6.07) is 6.48. The van der Waals surface area contributed by atoms with Gasteiger partial charge in [-0.25, -0.2) is 4.98 Å². The van der Waals surface area contributed by atoms with E-state index in [1.807, 2.05) is 25.1 Å². The normalized spacial score (nSPS) is 13.6. The number of para-hydroxylation sites is 1. The van der Waals surface area contributed by atoms with Gasteiger partial charge in [0.15, 0.2) is 5.96 Å². The molecule has 2 aromatic carbocycles. The number of nitrogens with one attached hydrogen (secondary N) is 10. The van der Waals surface area contributed by atoms with Crippen LogP contribution in [-0.4, -0.2) is 147 Å². The summed E-state index contributed by atoms with van der Waals surface area (Å²) in [6.07, 6.45) is 5.74. The molecule has 0 aliphatic rings. The Morgan fingerprint density at radius 3 is 1.76 bits per heavy atom. The van der Waals surface area contributed by atoms with Crippen molar-refractivity contribution in [3.63, 3.8) is 0 Å². The molecule has 0 aliphatic carbocycles. The third-order valence-electron chi connectivity index (χ3n) is 12.7. The number of H-pyrrole nitrogens is 2. The van der Waals surface area contributed by atoms with Gasteiger partial charge < -0.3 is 80.5 Å². The number of nitrogens with two attached hydrogens (primary N) is 4. The first-order valence-corrected chi connectivity index (χ1v) is 26.5. The number of imidazole rings is 1. The molecule has 0 unspecified atom stereocenters. The first-order chi connectivity index (χ1) is 38.3. The first-order valence-electron chi connectivity index (χ1n) is 26.5. The fraction of sp³-hybridized carbons (Fsp3) is 0.472. The third kappa shape index (κ3) is 22.2. The molecule has 0 radical (unpaired) electrons. The van der Waals surface area contributed by atoms with E-state index in [0.29, 0.717) is 49.0 Å². The molecule has 0 saturated heterocycles. The van der Waals surface area contributed by atoms with E-state index in [9.17, 15) is 53.1 Å². The lowest BCUT2D eigenvalue weighted by Crippen LogP contribution is -2.60. The molecule has 0 fully saturated rings. The molecule has 2 heterocycles. The Balaban J connectivity index is 1.66. The van der Waals surface area contributed by atoms with Crippen LogP contribution >= 0.6 is 0 Å². The molecule has 0 bridgehead atoms. The number of aromatic amines is 2. The van der Waals surface area contributed by atoms with Gasteiger partial charge in [0, 0.05) is 68.1 Å². The van der Waals surface area contributed by atoms with Gasteiger partial charge in [0.1, 0.15) is 42.3 Å². The minimum absolute atomic E-state index is 0.0224. The van der Waals surface area contributed by atoms with Gasteiger partial charge in [0.2, 0.25) is 53.2 Å². The quantitative estimate of drug-likeness (QED) is 0.0135. The number of nitrogens with zero attached hydrogens (tertiary/aromatic N) is 2. The van der Waals surface area contributed by atoms with Crippen LogP contribution in [0.2, 0.25) is 0 Å². The van der Waals surface area contributed by atoms with Gasteiger partial charge in [-0.1, -0.05) is 68.3 Å². The minimum Gasteiger partial charge on any atom is -0.481 e. The number of aliphatic imine (C=N–C) groups is 1. The fourth-order valence-corrected chi connectivity index (χ4v) is 8.52.